The average molecular weight is 244 g/mol. The van der Waals surface area contributed by atoms with Crippen LogP contribution in [0.1, 0.15) is 17.3 Å². The standard InChI is InChI=1S/C13H13FN4/c1-9-10(8-18(2)17-9)13(7-15)16-12-6-4-3-5-11(12)14/h3-6,8,13,16H,1-2H3. The van der Waals surface area contributed by atoms with Crippen LogP contribution in [0.3, 0.4) is 0 Å². The fraction of sp³-hybridized carbons (Fsp3) is 0.231. The van der Waals surface area contributed by atoms with Crippen LogP contribution >= 0.6 is 0 Å². The Morgan fingerprint density at radius 2 is 2.17 bits per heavy atom. The van der Waals surface area contributed by atoms with Gasteiger partial charge in [0.05, 0.1) is 17.5 Å². The Morgan fingerprint density at radius 1 is 1.44 bits per heavy atom. The second-order valence-electron chi connectivity index (χ2n) is 4.03. The number of hydrogen-bond donors (Lipinski definition) is 1. The maximum absolute atomic E-state index is 13.5. The van der Waals surface area contributed by atoms with E-state index in [0.29, 0.717) is 5.69 Å². The van der Waals surface area contributed by atoms with E-state index in [-0.39, 0.29) is 5.82 Å². The van der Waals surface area contributed by atoms with Crippen molar-refractivity contribution >= 4 is 5.69 Å². The second kappa shape index (κ2) is 4.88. The number of nitrogens with one attached hydrogen (secondary N) is 1. The minimum atomic E-state index is -0.615. The molecule has 0 saturated heterocycles. The van der Waals surface area contributed by atoms with E-state index in [1.165, 1.54) is 6.07 Å². The molecular formula is C13H13FN4. The van der Waals surface area contributed by atoms with Gasteiger partial charge in [0, 0.05) is 18.8 Å². The minimum absolute atomic E-state index is 0.312. The largest absolute Gasteiger partial charge is 0.364 e. The predicted octanol–water partition coefficient (Wildman–Crippen LogP) is 2.54. The molecule has 0 radical (unpaired) electrons. The highest BCUT2D eigenvalue weighted by Crippen LogP contribution is 2.22. The van der Waals surface area contributed by atoms with E-state index in [1.54, 1.807) is 36.1 Å². The Balaban J connectivity index is 2.29. The maximum Gasteiger partial charge on any atom is 0.146 e. The number of hydrogen-bond acceptors (Lipinski definition) is 3. The van der Waals surface area contributed by atoms with Crippen LogP contribution in [0.15, 0.2) is 30.5 Å². The monoisotopic (exact) mass is 244 g/mol. The molecule has 0 spiro atoms. The van der Waals surface area contributed by atoms with Gasteiger partial charge < -0.3 is 5.32 Å². The Hall–Kier alpha value is -2.35. The Morgan fingerprint density at radius 3 is 2.72 bits per heavy atom. The molecule has 92 valence electrons. The van der Waals surface area contributed by atoms with Gasteiger partial charge in [0.1, 0.15) is 11.9 Å². The molecule has 1 heterocycles. The minimum Gasteiger partial charge on any atom is -0.364 e. The molecule has 4 nitrogen and oxygen atoms in total. The first-order valence-electron chi connectivity index (χ1n) is 5.52. The summed E-state index contributed by atoms with van der Waals surface area (Å²) in [4.78, 5) is 0. The summed E-state index contributed by atoms with van der Waals surface area (Å²) in [7, 11) is 1.79. The molecule has 2 aromatic rings. The van der Waals surface area contributed by atoms with Gasteiger partial charge in [0.25, 0.3) is 0 Å². The zero-order valence-corrected chi connectivity index (χ0v) is 10.2. The van der Waals surface area contributed by atoms with Crippen molar-refractivity contribution in [2.45, 2.75) is 13.0 Å². The summed E-state index contributed by atoms with van der Waals surface area (Å²) in [5.41, 5.74) is 1.82. The maximum atomic E-state index is 13.5. The first-order valence-corrected chi connectivity index (χ1v) is 5.52. The number of para-hydroxylation sites is 1. The smallest absolute Gasteiger partial charge is 0.146 e. The molecule has 18 heavy (non-hydrogen) atoms. The lowest BCUT2D eigenvalue weighted by molar-refractivity contribution is 0.629. The van der Waals surface area contributed by atoms with Crippen LogP contribution in [0.5, 0.6) is 0 Å². The number of nitrogens with zero attached hydrogens (tertiary/aromatic N) is 3. The quantitative estimate of drug-likeness (QED) is 0.902. The normalized spacial score (nSPS) is 11.9. The van der Waals surface area contributed by atoms with Crippen molar-refractivity contribution in [3.05, 3.63) is 47.5 Å². The summed E-state index contributed by atoms with van der Waals surface area (Å²) >= 11 is 0. The molecule has 1 aromatic carbocycles. The number of nitriles is 1. The van der Waals surface area contributed by atoms with E-state index in [9.17, 15) is 9.65 Å². The van der Waals surface area contributed by atoms with Gasteiger partial charge in [0.15, 0.2) is 0 Å². The predicted molar refractivity (Wildman–Crippen MR) is 66.3 cm³/mol. The van der Waals surface area contributed by atoms with E-state index >= 15 is 0 Å². The number of rotatable bonds is 3. The first-order chi connectivity index (χ1) is 8.61. The van der Waals surface area contributed by atoms with Gasteiger partial charge in [-0.2, -0.15) is 10.4 Å². The molecule has 1 N–H and O–H groups in total. The summed E-state index contributed by atoms with van der Waals surface area (Å²) in [5, 5.41) is 16.2. The molecule has 2 rings (SSSR count). The highest BCUT2D eigenvalue weighted by Gasteiger charge is 2.16. The third kappa shape index (κ3) is 2.33. The van der Waals surface area contributed by atoms with Crippen molar-refractivity contribution in [1.29, 1.82) is 5.26 Å². The third-order valence-electron chi connectivity index (χ3n) is 2.67. The number of anilines is 1. The Kier molecular flexibility index (Phi) is 3.28. The molecule has 0 amide bonds. The Bertz CT molecular complexity index is 597. The molecule has 0 fully saturated rings. The SMILES string of the molecule is Cc1nn(C)cc1C(C#N)Nc1ccccc1F. The van der Waals surface area contributed by atoms with Gasteiger partial charge in [0.2, 0.25) is 0 Å². The zero-order valence-electron chi connectivity index (χ0n) is 10.2. The molecule has 0 aliphatic carbocycles. The lowest BCUT2D eigenvalue weighted by Crippen LogP contribution is -2.10. The van der Waals surface area contributed by atoms with Crippen LogP contribution in [0.2, 0.25) is 0 Å². The lowest BCUT2D eigenvalue weighted by atomic mass is 10.1. The van der Waals surface area contributed by atoms with Gasteiger partial charge >= 0.3 is 0 Å². The third-order valence-corrected chi connectivity index (χ3v) is 2.67. The number of benzene rings is 1. The summed E-state index contributed by atoms with van der Waals surface area (Å²) in [6.07, 6.45) is 1.76. The van der Waals surface area contributed by atoms with Crippen molar-refractivity contribution in [1.82, 2.24) is 9.78 Å². The lowest BCUT2D eigenvalue weighted by Gasteiger charge is -2.12. The van der Waals surface area contributed by atoms with Gasteiger partial charge in [-0.15, -0.1) is 0 Å². The van der Waals surface area contributed by atoms with E-state index in [0.717, 1.165) is 11.3 Å². The molecule has 0 aliphatic heterocycles. The summed E-state index contributed by atoms with van der Waals surface area (Å²) in [6.45, 7) is 1.82. The van der Waals surface area contributed by atoms with Crippen LogP contribution in [0.25, 0.3) is 0 Å². The highest BCUT2D eigenvalue weighted by molar-refractivity contribution is 5.48. The molecule has 5 heteroatoms. The van der Waals surface area contributed by atoms with Crippen LogP contribution in [-0.2, 0) is 7.05 Å². The van der Waals surface area contributed by atoms with Gasteiger partial charge in [-0.25, -0.2) is 4.39 Å². The highest BCUT2D eigenvalue weighted by atomic mass is 19.1. The van der Waals surface area contributed by atoms with E-state index in [4.69, 9.17) is 0 Å². The van der Waals surface area contributed by atoms with E-state index < -0.39 is 6.04 Å². The number of halogens is 1. The van der Waals surface area contributed by atoms with Crippen LogP contribution in [0.4, 0.5) is 10.1 Å². The van der Waals surface area contributed by atoms with Crippen LogP contribution in [-0.4, -0.2) is 9.78 Å². The second-order valence-corrected chi connectivity index (χ2v) is 4.03. The molecule has 0 saturated carbocycles. The number of aryl methyl sites for hydroxylation is 2. The zero-order chi connectivity index (χ0) is 13.1. The van der Waals surface area contributed by atoms with Crippen LogP contribution < -0.4 is 5.32 Å². The fourth-order valence-corrected chi connectivity index (χ4v) is 1.81. The molecule has 0 aliphatic rings. The average Bonchev–Trinajstić information content (AvgIpc) is 2.67. The summed E-state index contributed by atoms with van der Waals surface area (Å²) in [6, 6.07) is 7.79. The fourth-order valence-electron chi connectivity index (χ4n) is 1.81. The summed E-state index contributed by atoms with van der Waals surface area (Å²) in [5.74, 6) is -0.376. The number of aromatic nitrogens is 2. The van der Waals surface area contributed by atoms with Gasteiger partial charge in [-0.05, 0) is 19.1 Å². The molecule has 1 atom stereocenters. The van der Waals surface area contributed by atoms with Crippen LogP contribution in [0, 0.1) is 24.1 Å². The van der Waals surface area contributed by atoms with Crippen molar-refractivity contribution in [2.75, 3.05) is 5.32 Å². The first kappa shape index (κ1) is 12.1. The van der Waals surface area contributed by atoms with Crippen molar-refractivity contribution < 1.29 is 4.39 Å². The van der Waals surface area contributed by atoms with E-state index in [1.807, 2.05) is 6.92 Å². The molecule has 0 bridgehead atoms. The van der Waals surface area contributed by atoms with Crippen molar-refractivity contribution in [3.63, 3.8) is 0 Å². The van der Waals surface area contributed by atoms with Gasteiger partial charge in [-0.3, -0.25) is 4.68 Å². The molecule has 1 unspecified atom stereocenters. The summed E-state index contributed by atoms with van der Waals surface area (Å²) < 4.78 is 15.2. The Labute approximate surface area is 105 Å². The van der Waals surface area contributed by atoms with Crippen molar-refractivity contribution in [3.8, 4) is 6.07 Å². The molecule has 1 aromatic heterocycles. The molecular weight excluding hydrogens is 231 g/mol. The van der Waals surface area contributed by atoms with Crippen molar-refractivity contribution in [2.24, 2.45) is 7.05 Å². The van der Waals surface area contributed by atoms with E-state index in [2.05, 4.69) is 16.5 Å². The topological polar surface area (TPSA) is 53.6 Å². The van der Waals surface area contributed by atoms with Gasteiger partial charge in [-0.1, -0.05) is 12.1 Å².